The van der Waals surface area contributed by atoms with E-state index in [0.717, 1.165) is 31.5 Å². The molecule has 1 aliphatic rings. The van der Waals surface area contributed by atoms with Gasteiger partial charge in [-0.25, -0.2) is 9.18 Å². The summed E-state index contributed by atoms with van der Waals surface area (Å²) in [6, 6.07) is 6.43. The van der Waals surface area contributed by atoms with Gasteiger partial charge in [0, 0.05) is 26.7 Å². The molecule has 18 heavy (non-hydrogen) atoms. The summed E-state index contributed by atoms with van der Waals surface area (Å²) >= 11 is 0. The molecule has 0 aliphatic carbocycles. The Morgan fingerprint density at radius 2 is 2.06 bits per heavy atom. The maximum Gasteiger partial charge on any atom is 0.320 e. The molecular formula is C14H19FN2O. The molecule has 1 aliphatic heterocycles. The third kappa shape index (κ3) is 3.22. The number of carbonyl (C=O) groups is 1. The molecule has 1 aromatic carbocycles. The summed E-state index contributed by atoms with van der Waals surface area (Å²) in [5, 5.41) is 0. The van der Waals surface area contributed by atoms with Gasteiger partial charge in [0.1, 0.15) is 5.82 Å². The van der Waals surface area contributed by atoms with Crippen LogP contribution in [0.25, 0.3) is 0 Å². The Morgan fingerprint density at radius 1 is 1.33 bits per heavy atom. The topological polar surface area (TPSA) is 23.6 Å². The van der Waals surface area contributed by atoms with E-state index in [9.17, 15) is 9.18 Å². The van der Waals surface area contributed by atoms with E-state index < -0.39 is 0 Å². The number of likely N-dealkylation sites (tertiary alicyclic amines) is 1. The largest absolute Gasteiger partial charge is 0.325 e. The van der Waals surface area contributed by atoms with E-state index in [-0.39, 0.29) is 11.8 Å². The molecule has 1 aromatic rings. The van der Waals surface area contributed by atoms with Crippen LogP contribution in [0.2, 0.25) is 0 Å². The fraction of sp³-hybridized carbons (Fsp3) is 0.500. The Balaban J connectivity index is 1.94. The van der Waals surface area contributed by atoms with E-state index in [2.05, 4.69) is 0 Å². The number of hydrogen-bond acceptors (Lipinski definition) is 1. The lowest BCUT2D eigenvalue weighted by Gasteiger charge is -2.31. The first kappa shape index (κ1) is 12.9. The zero-order valence-corrected chi connectivity index (χ0v) is 10.7. The molecule has 1 heterocycles. The second-order valence-electron chi connectivity index (χ2n) is 4.82. The molecule has 1 fully saturated rings. The van der Waals surface area contributed by atoms with Crippen LogP contribution in [0.1, 0.15) is 24.8 Å². The highest BCUT2D eigenvalue weighted by Crippen LogP contribution is 2.12. The smallest absolute Gasteiger partial charge is 0.320 e. The first-order chi connectivity index (χ1) is 8.66. The number of amides is 2. The van der Waals surface area contributed by atoms with E-state index in [0.29, 0.717) is 6.54 Å². The van der Waals surface area contributed by atoms with Crippen molar-refractivity contribution in [2.24, 2.45) is 0 Å². The van der Waals surface area contributed by atoms with Crippen LogP contribution in [0.4, 0.5) is 9.18 Å². The second kappa shape index (κ2) is 5.85. The molecule has 1 saturated heterocycles. The molecular weight excluding hydrogens is 231 g/mol. The van der Waals surface area contributed by atoms with Crippen molar-refractivity contribution in [3.63, 3.8) is 0 Å². The van der Waals surface area contributed by atoms with Gasteiger partial charge in [0.25, 0.3) is 0 Å². The van der Waals surface area contributed by atoms with Gasteiger partial charge in [-0.05, 0) is 37.0 Å². The normalized spacial score (nSPS) is 15.6. The van der Waals surface area contributed by atoms with Crippen LogP contribution >= 0.6 is 0 Å². The summed E-state index contributed by atoms with van der Waals surface area (Å²) in [5.41, 5.74) is 0.822. The first-order valence-electron chi connectivity index (χ1n) is 6.41. The Bertz CT molecular complexity index is 416. The van der Waals surface area contributed by atoms with Crippen molar-refractivity contribution in [3.8, 4) is 0 Å². The van der Waals surface area contributed by atoms with Crippen molar-refractivity contribution < 1.29 is 9.18 Å². The first-order valence-corrected chi connectivity index (χ1v) is 6.41. The van der Waals surface area contributed by atoms with Crippen LogP contribution in [0, 0.1) is 5.82 Å². The summed E-state index contributed by atoms with van der Waals surface area (Å²) in [6.07, 6.45) is 3.37. The molecule has 0 bridgehead atoms. The fourth-order valence-electron chi connectivity index (χ4n) is 2.30. The summed E-state index contributed by atoms with van der Waals surface area (Å²) in [7, 11) is 1.77. The predicted molar refractivity (Wildman–Crippen MR) is 68.7 cm³/mol. The van der Waals surface area contributed by atoms with Crippen molar-refractivity contribution >= 4 is 6.03 Å². The van der Waals surface area contributed by atoms with Crippen LogP contribution in [0.5, 0.6) is 0 Å². The molecule has 2 rings (SSSR count). The highest BCUT2D eigenvalue weighted by Gasteiger charge is 2.19. The number of rotatable bonds is 2. The third-order valence-corrected chi connectivity index (χ3v) is 3.26. The molecule has 3 nitrogen and oxygen atoms in total. The summed E-state index contributed by atoms with van der Waals surface area (Å²) in [4.78, 5) is 15.7. The number of halogens is 1. The minimum absolute atomic E-state index is 0.0407. The molecule has 0 unspecified atom stereocenters. The van der Waals surface area contributed by atoms with Gasteiger partial charge in [0.05, 0.1) is 0 Å². The Kier molecular flexibility index (Phi) is 4.18. The van der Waals surface area contributed by atoms with Crippen molar-refractivity contribution in [3.05, 3.63) is 35.6 Å². The van der Waals surface area contributed by atoms with Gasteiger partial charge in [-0.1, -0.05) is 12.1 Å². The van der Waals surface area contributed by atoms with Gasteiger partial charge in [0.15, 0.2) is 0 Å². The quantitative estimate of drug-likeness (QED) is 0.791. The number of hydrogen-bond donors (Lipinski definition) is 0. The Hall–Kier alpha value is -1.58. The lowest BCUT2D eigenvalue weighted by Crippen LogP contribution is -2.43. The minimum Gasteiger partial charge on any atom is -0.325 e. The predicted octanol–water partition coefficient (Wildman–Crippen LogP) is 2.86. The number of benzene rings is 1. The van der Waals surface area contributed by atoms with Gasteiger partial charge in [0.2, 0.25) is 0 Å². The molecule has 0 spiro atoms. The zero-order valence-electron chi connectivity index (χ0n) is 10.7. The monoisotopic (exact) mass is 250 g/mol. The molecule has 0 saturated carbocycles. The SMILES string of the molecule is CN(Cc1cccc(F)c1)C(=O)N1CCCCC1. The molecule has 0 atom stereocenters. The number of nitrogens with zero attached hydrogens (tertiary/aromatic N) is 2. The average Bonchev–Trinajstić information content (AvgIpc) is 2.39. The van der Waals surface area contributed by atoms with Crippen LogP contribution in [0.15, 0.2) is 24.3 Å². The maximum atomic E-state index is 13.1. The maximum absolute atomic E-state index is 13.1. The van der Waals surface area contributed by atoms with E-state index in [1.807, 2.05) is 11.0 Å². The van der Waals surface area contributed by atoms with E-state index >= 15 is 0 Å². The molecule has 2 amide bonds. The van der Waals surface area contributed by atoms with Crippen molar-refractivity contribution in [2.45, 2.75) is 25.8 Å². The van der Waals surface area contributed by atoms with E-state index in [1.54, 1.807) is 18.0 Å². The molecule has 0 N–H and O–H groups in total. The van der Waals surface area contributed by atoms with E-state index in [1.165, 1.54) is 18.6 Å². The van der Waals surface area contributed by atoms with Crippen LogP contribution in [-0.2, 0) is 6.54 Å². The van der Waals surface area contributed by atoms with Crippen molar-refractivity contribution in [1.82, 2.24) is 9.80 Å². The lowest BCUT2D eigenvalue weighted by atomic mass is 10.1. The van der Waals surface area contributed by atoms with Gasteiger partial charge >= 0.3 is 6.03 Å². The molecule has 0 radical (unpaired) electrons. The van der Waals surface area contributed by atoms with Gasteiger partial charge in [-0.2, -0.15) is 0 Å². The highest BCUT2D eigenvalue weighted by molar-refractivity contribution is 5.74. The standard InChI is InChI=1S/C14H19FN2O/c1-16(11-12-6-5-7-13(15)10-12)14(18)17-8-3-2-4-9-17/h5-7,10H,2-4,8-9,11H2,1H3. The lowest BCUT2D eigenvalue weighted by molar-refractivity contribution is 0.151. The Morgan fingerprint density at radius 3 is 2.72 bits per heavy atom. The van der Waals surface area contributed by atoms with E-state index in [4.69, 9.17) is 0 Å². The number of urea groups is 1. The summed E-state index contributed by atoms with van der Waals surface area (Å²) in [6.45, 7) is 2.13. The number of piperidine rings is 1. The van der Waals surface area contributed by atoms with Crippen molar-refractivity contribution in [1.29, 1.82) is 0 Å². The average molecular weight is 250 g/mol. The van der Waals surface area contributed by atoms with Crippen LogP contribution in [-0.4, -0.2) is 36.0 Å². The molecule has 4 heteroatoms. The zero-order chi connectivity index (χ0) is 13.0. The van der Waals surface area contributed by atoms with Gasteiger partial charge < -0.3 is 9.80 Å². The van der Waals surface area contributed by atoms with Crippen molar-refractivity contribution in [2.75, 3.05) is 20.1 Å². The highest BCUT2D eigenvalue weighted by atomic mass is 19.1. The van der Waals surface area contributed by atoms with Gasteiger partial charge in [-0.3, -0.25) is 0 Å². The Labute approximate surface area is 107 Å². The van der Waals surface area contributed by atoms with Crippen LogP contribution < -0.4 is 0 Å². The molecule has 0 aromatic heterocycles. The van der Waals surface area contributed by atoms with Gasteiger partial charge in [-0.15, -0.1) is 0 Å². The van der Waals surface area contributed by atoms with Crippen LogP contribution in [0.3, 0.4) is 0 Å². The minimum atomic E-state index is -0.258. The second-order valence-corrected chi connectivity index (χ2v) is 4.82. The summed E-state index contributed by atoms with van der Waals surface area (Å²) < 4.78 is 13.1. The molecule has 98 valence electrons. The number of carbonyl (C=O) groups excluding carboxylic acids is 1. The third-order valence-electron chi connectivity index (χ3n) is 3.26. The fourth-order valence-corrected chi connectivity index (χ4v) is 2.30. The summed E-state index contributed by atoms with van der Waals surface area (Å²) in [5.74, 6) is -0.258.